The molecule has 2 aliphatic rings. The van der Waals surface area contributed by atoms with E-state index in [0.29, 0.717) is 17.5 Å². The van der Waals surface area contributed by atoms with Gasteiger partial charge in [-0.25, -0.2) is 0 Å². The summed E-state index contributed by atoms with van der Waals surface area (Å²) in [7, 11) is 1.64. The Kier molecular flexibility index (Phi) is 8.42. The Labute approximate surface area is 221 Å². The van der Waals surface area contributed by atoms with Crippen molar-refractivity contribution in [3.05, 3.63) is 53.6 Å². The van der Waals surface area contributed by atoms with Gasteiger partial charge in [-0.1, -0.05) is 32.9 Å². The van der Waals surface area contributed by atoms with E-state index < -0.39 is 0 Å². The lowest BCUT2D eigenvalue weighted by molar-refractivity contribution is -0.118. The highest BCUT2D eigenvalue weighted by molar-refractivity contribution is 6.03. The molecule has 1 heterocycles. The molecule has 4 rings (SSSR count). The Bertz CT molecular complexity index is 1100. The maximum atomic E-state index is 13.6. The number of ether oxygens (including phenoxy) is 1. The van der Waals surface area contributed by atoms with Gasteiger partial charge in [0.25, 0.3) is 5.91 Å². The quantitative estimate of drug-likeness (QED) is 0.479. The summed E-state index contributed by atoms with van der Waals surface area (Å²) in [5.74, 6) is 1.13. The van der Waals surface area contributed by atoms with E-state index in [9.17, 15) is 9.59 Å². The van der Waals surface area contributed by atoms with E-state index in [4.69, 9.17) is 4.74 Å². The summed E-state index contributed by atoms with van der Waals surface area (Å²) in [5, 5.41) is 6.51. The van der Waals surface area contributed by atoms with Crippen LogP contribution in [0.15, 0.2) is 42.5 Å². The minimum absolute atomic E-state index is 0.0557. The van der Waals surface area contributed by atoms with Crippen molar-refractivity contribution in [1.82, 2.24) is 10.6 Å². The van der Waals surface area contributed by atoms with Gasteiger partial charge >= 0.3 is 0 Å². The number of carbonyl (C=O) groups is 2. The molecule has 7 nitrogen and oxygen atoms in total. The van der Waals surface area contributed by atoms with E-state index in [1.54, 1.807) is 7.11 Å². The van der Waals surface area contributed by atoms with Crippen LogP contribution >= 0.6 is 0 Å². The molecule has 2 N–H and O–H groups in total. The number of benzene rings is 2. The third kappa shape index (κ3) is 6.09. The molecule has 2 amide bonds. The number of hydrogen-bond donors (Lipinski definition) is 2. The van der Waals surface area contributed by atoms with Crippen molar-refractivity contribution < 1.29 is 14.3 Å². The SMILES string of the molecule is CCC1CN(C2CC2)c2ccc(C(=O)NC(C)c3ccc(OC)cc3)cc2N1C(=O)CN[C@@H](C)C(C)C. The molecule has 37 heavy (non-hydrogen) atoms. The van der Waals surface area contributed by atoms with Crippen molar-refractivity contribution in [3.8, 4) is 5.75 Å². The highest BCUT2D eigenvalue weighted by atomic mass is 16.5. The molecule has 1 fully saturated rings. The van der Waals surface area contributed by atoms with Gasteiger partial charge in [0, 0.05) is 24.2 Å². The number of carbonyl (C=O) groups excluding carboxylic acids is 2. The lowest BCUT2D eigenvalue weighted by Gasteiger charge is -2.44. The molecule has 200 valence electrons. The number of nitrogens with one attached hydrogen (secondary N) is 2. The summed E-state index contributed by atoms with van der Waals surface area (Å²) in [5.41, 5.74) is 3.46. The molecule has 0 bridgehead atoms. The second kappa shape index (κ2) is 11.5. The lowest BCUT2D eigenvalue weighted by Crippen LogP contribution is -2.54. The number of nitrogens with zero attached hydrogens (tertiary/aromatic N) is 2. The zero-order valence-electron chi connectivity index (χ0n) is 23.1. The van der Waals surface area contributed by atoms with Crippen molar-refractivity contribution in [2.75, 3.05) is 30.0 Å². The van der Waals surface area contributed by atoms with Crippen LogP contribution in [0.4, 0.5) is 11.4 Å². The molecule has 2 aromatic rings. The van der Waals surface area contributed by atoms with Crippen LogP contribution < -0.4 is 25.2 Å². The van der Waals surface area contributed by atoms with E-state index in [2.05, 4.69) is 43.2 Å². The Morgan fingerprint density at radius 1 is 1.03 bits per heavy atom. The Balaban J connectivity index is 1.59. The number of hydrogen-bond acceptors (Lipinski definition) is 5. The summed E-state index contributed by atoms with van der Waals surface area (Å²) in [6, 6.07) is 14.2. The van der Waals surface area contributed by atoms with Crippen LogP contribution in [-0.2, 0) is 4.79 Å². The first-order valence-corrected chi connectivity index (χ1v) is 13.6. The number of amides is 2. The van der Waals surface area contributed by atoms with Gasteiger partial charge in [0.05, 0.1) is 37.1 Å². The predicted molar refractivity (Wildman–Crippen MR) is 150 cm³/mol. The number of rotatable bonds is 10. The van der Waals surface area contributed by atoms with Gasteiger partial charge in [-0.3, -0.25) is 9.59 Å². The van der Waals surface area contributed by atoms with Crippen molar-refractivity contribution in [3.63, 3.8) is 0 Å². The lowest BCUT2D eigenvalue weighted by atomic mass is 10.0. The molecule has 0 spiro atoms. The van der Waals surface area contributed by atoms with Gasteiger partial charge in [-0.15, -0.1) is 0 Å². The molecular weight excluding hydrogens is 464 g/mol. The zero-order chi connectivity index (χ0) is 26.7. The highest BCUT2D eigenvalue weighted by Crippen LogP contribution is 2.43. The Hall–Kier alpha value is -3.06. The molecule has 0 radical (unpaired) electrons. The van der Waals surface area contributed by atoms with Gasteiger partial charge in [-0.05, 0) is 74.9 Å². The average molecular weight is 507 g/mol. The third-order valence-electron chi connectivity index (χ3n) is 7.85. The van der Waals surface area contributed by atoms with Gasteiger partial charge in [0.1, 0.15) is 5.75 Å². The molecule has 0 aromatic heterocycles. The second-order valence-electron chi connectivity index (χ2n) is 10.8. The molecule has 3 atom stereocenters. The van der Waals surface area contributed by atoms with E-state index in [0.717, 1.165) is 35.7 Å². The van der Waals surface area contributed by atoms with E-state index in [1.165, 1.54) is 12.8 Å². The summed E-state index contributed by atoms with van der Waals surface area (Å²) < 4.78 is 5.24. The molecule has 7 heteroatoms. The second-order valence-corrected chi connectivity index (χ2v) is 10.8. The Morgan fingerprint density at radius 2 is 1.73 bits per heavy atom. The number of anilines is 2. The predicted octanol–water partition coefficient (Wildman–Crippen LogP) is 4.91. The van der Waals surface area contributed by atoms with Crippen LogP contribution in [0.2, 0.25) is 0 Å². The van der Waals surface area contributed by atoms with Crippen LogP contribution in [0.25, 0.3) is 0 Å². The van der Waals surface area contributed by atoms with E-state index in [-0.39, 0.29) is 36.5 Å². The van der Waals surface area contributed by atoms with Crippen LogP contribution in [0.1, 0.15) is 75.8 Å². The maximum absolute atomic E-state index is 13.6. The fourth-order valence-corrected chi connectivity index (χ4v) is 4.91. The molecule has 1 aliphatic carbocycles. The minimum atomic E-state index is -0.166. The number of methoxy groups -OCH3 is 1. The van der Waals surface area contributed by atoms with Crippen molar-refractivity contribution in [1.29, 1.82) is 0 Å². The van der Waals surface area contributed by atoms with E-state index in [1.807, 2.05) is 54.3 Å². The fourth-order valence-electron chi connectivity index (χ4n) is 4.91. The van der Waals surface area contributed by atoms with Crippen molar-refractivity contribution >= 4 is 23.2 Å². The molecule has 1 aliphatic heterocycles. The first kappa shape index (κ1) is 27.0. The monoisotopic (exact) mass is 506 g/mol. The van der Waals surface area contributed by atoms with Crippen molar-refractivity contribution in [2.24, 2.45) is 5.92 Å². The zero-order valence-corrected chi connectivity index (χ0v) is 23.1. The third-order valence-corrected chi connectivity index (χ3v) is 7.85. The average Bonchev–Trinajstić information content (AvgIpc) is 3.75. The van der Waals surface area contributed by atoms with Crippen LogP contribution in [0.5, 0.6) is 5.75 Å². The summed E-state index contributed by atoms with van der Waals surface area (Å²) in [6.07, 6.45) is 3.22. The highest BCUT2D eigenvalue weighted by Gasteiger charge is 2.40. The molecule has 2 aromatic carbocycles. The van der Waals surface area contributed by atoms with Gasteiger partial charge in [0.2, 0.25) is 5.91 Å². The summed E-state index contributed by atoms with van der Waals surface area (Å²) in [4.78, 5) is 31.3. The Morgan fingerprint density at radius 3 is 2.32 bits per heavy atom. The van der Waals surface area contributed by atoms with E-state index >= 15 is 0 Å². The normalized spacial score (nSPS) is 18.8. The minimum Gasteiger partial charge on any atom is -0.497 e. The maximum Gasteiger partial charge on any atom is 0.251 e. The molecular formula is C30H42N4O3. The molecule has 0 saturated heterocycles. The first-order chi connectivity index (χ1) is 17.7. The van der Waals surface area contributed by atoms with Crippen LogP contribution in [-0.4, -0.2) is 50.1 Å². The summed E-state index contributed by atoms with van der Waals surface area (Å²) >= 11 is 0. The van der Waals surface area contributed by atoms with Gasteiger partial charge in [0.15, 0.2) is 0 Å². The number of fused-ring (bicyclic) bond motifs is 1. The standard InChI is InChI=1S/C30H42N4O3/c1-7-24-18-33(25-11-12-25)27-15-10-23(16-28(27)34(24)29(35)17-31-20(4)19(2)3)30(36)32-21(5)22-8-13-26(37-6)14-9-22/h8-10,13-16,19-21,24-25,31H,7,11-12,17-18H2,1-6H3,(H,32,36)/t20-,21?,24?/m0/s1. The topological polar surface area (TPSA) is 73.9 Å². The fraction of sp³-hybridized carbons (Fsp3) is 0.533. The van der Waals surface area contributed by atoms with Crippen LogP contribution in [0.3, 0.4) is 0 Å². The van der Waals surface area contributed by atoms with Crippen molar-refractivity contribution in [2.45, 2.75) is 78.0 Å². The van der Waals surface area contributed by atoms with Gasteiger partial charge in [-0.2, -0.15) is 0 Å². The smallest absolute Gasteiger partial charge is 0.251 e. The van der Waals surface area contributed by atoms with Crippen LogP contribution in [0, 0.1) is 5.92 Å². The molecule has 1 saturated carbocycles. The first-order valence-electron chi connectivity index (χ1n) is 13.6. The van der Waals surface area contributed by atoms with Gasteiger partial charge < -0.3 is 25.2 Å². The molecule has 2 unspecified atom stereocenters. The summed E-state index contributed by atoms with van der Waals surface area (Å²) in [6.45, 7) is 11.6. The largest absolute Gasteiger partial charge is 0.497 e.